The maximum atomic E-state index is 13.4. The number of halogens is 1. The quantitative estimate of drug-likeness (QED) is 0.417. The topological polar surface area (TPSA) is 108 Å². The molecular weight excluding hydrogens is 574 g/mol. The summed E-state index contributed by atoms with van der Waals surface area (Å²) in [6, 6.07) is 11.0. The molecule has 2 heterocycles. The van der Waals surface area contributed by atoms with Gasteiger partial charge in [-0.15, -0.1) is 0 Å². The molecule has 0 radical (unpaired) electrons. The maximum absolute atomic E-state index is 13.4. The van der Waals surface area contributed by atoms with Crippen LogP contribution in [0.3, 0.4) is 0 Å². The van der Waals surface area contributed by atoms with Crippen LogP contribution in [0.25, 0.3) is 0 Å². The molecule has 3 aliphatic rings. The Morgan fingerprint density at radius 3 is 2.62 bits per heavy atom. The molecule has 5 rings (SSSR count). The van der Waals surface area contributed by atoms with Gasteiger partial charge in [0.1, 0.15) is 12.4 Å². The second-order valence-corrected chi connectivity index (χ2v) is 14.9. The van der Waals surface area contributed by atoms with Crippen molar-refractivity contribution in [1.82, 2.24) is 10.0 Å². The van der Waals surface area contributed by atoms with Crippen LogP contribution in [0.4, 0.5) is 5.69 Å². The number of amides is 1. The molecule has 1 saturated carbocycles. The van der Waals surface area contributed by atoms with Gasteiger partial charge in [-0.1, -0.05) is 24.6 Å². The molecule has 1 fully saturated rings. The largest absolute Gasteiger partial charge is 0.487 e. The lowest BCUT2D eigenvalue weighted by Crippen LogP contribution is -2.46. The van der Waals surface area contributed by atoms with E-state index in [1.807, 2.05) is 32.2 Å². The van der Waals surface area contributed by atoms with E-state index < -0.39 is 27.3 Å². The molecule has 2 aliphatic heterocycles. The molecule has 0 aromatic heterocycles. The Kier molecular flexibility index (Phi) is 9.72. The van der Waals surface area contributed by atoms with Gasteiger partial charge in [-0.2, -0.15) is 0 Å². The Morgan fingerprint density at radius 1 is 1.07 bits per heavy atom. The molecular formula is C32H44ClN3O5S. The van der Waals surface area contributed by atoms with Gasteiger partial charge < -0.3 is 20.1 Å². The number of nitrogens with one attached hydrogen (secondary N) is 2. The minimum atomic E-state index is -3.93. The van der Waals surface area contributed by atoms with Gasteiger partial charge in [0.2, 0.25) is 10.0 Å². The molecule has 2 bridgehead atoms. The van der Waals surface area contributed by atoms with E-state index in [0.29, 0.717) is 36.1 Å². The van der Waals surface area contributed by atoms with E-state index in [1.165, 1.54) is 5.56 Å². The summed E-state index contributed by atoms with van der Waals surface area (Å²) in [5.74, 6) is 0.269. The van der Waals surface area contributed by atoms with Gasteiger partial charge in [0.15, 0.2) is 0 Å². The average Bonchev–Trinajstić information content (AvgIpc) is 2.96. The van der Waals surface area contributed by atoms with Crippen LogP contribution in [-0.4, -0.2) is 57.0 Å². The molecule has 8 nitrogen and oxygen atoms in total. The number of carbonyl (C=O) groups is 1. The number of aliphatic hydroxyl groups excluding tert-OH is 1. The highest BCUT2D eigenvalue weighted by Crippen LogP contribution is 2.41. The van der Waals surface area contributed by atoms with Crippen molar-refractivity contribution in [1.29, 1.82) is 0 Å². The smallest absolute Gasteiger partial charge is 0.264 e. The van der Waals surface area contributed by atoms with Crippen molar-refractivity contribution in [3.05, 3.63) is 58.1 Å². The number of hydrogen-bond donors (Lipinski definition) is 3. The number of benzene rings is 2. The highest BCUT2D eigenvalue weighted by Gasteiger charge is 2.39. The summed E-state index contributed by atoms with van der Waals surface area (Å²) in [4.78, 5) is 15.7. The Morgan fingerprint density at radius 2 is 1.88 bits per heavy atom. The Balaban J connectivity index is 1.53. The van der Waals surface area contributed by atoms with Crippen LogP contribution in [0, 0.1) is 17.8 Å². The zero-order valence-corrected chi connectivity index (χ0v) is 26.4. The summed E-state index contributed by atoms with van der Waals surface area (Å²) < 4.78 is 35.3. The predicted molar refractivity (Wildman–Crippen MR) is 167 cm³/mol. The molecule has 2 aromatic carbocycles. The van der Waals surface area contributed by atoms with Crippen LogP contribution in [-0.2, 0) is 23.1 Å². The summed E-state index contributed by atoms with van der Waals surface area (Å²) in [6.45, 7) is 5.38. The van der Waals surface area contributed by atoms with E-state index >= 15 is 0 Å². The van der Waals surface area contributed by atoms with Crippen LogP contribution in [0.1, 0.15) is 73.9 Å². The van der Waals surface area contributed by atoms with Gasteiger partial charge in [-0.25, -0.2) is 13.1 Å². The number of sulfonamides is 1. The lowest BCUT2D eigenvalue weighted by molar-refractivity contribution is 0.00383. The molecule has 6 atom stereocenters. The first kappa shape index (κ1) is 31.1. The summed E-state index contributed by atoms with van der Waals surface area (Å²) in [7, 11) is -2.08. The van der Waals surface area contributed by atoms with Gasteiger partial charge in [0.05, 0.1) is 17.0 Å². The first-order valence-corrected chi connectivity index (χ1v) is 17.2. The van der Waals surface area contributed by atoms with Crippen molar-refractivity contribution in [3.63, 3.8) is 0 Å². The van der Waals surface area contributed by atoms with Crippen LogP contribution < -0.4 is 19.7 Å². The highest BCUT2D eigenvalue weighted by molar-refractivity contribution is 7.90. The fraction of sp³-hybridized carbons (Fsp3) is 0.594. The molecule has 1 amide bonds. The van der Waals surface area contributed by atoms with Crippen LogP contribution in [0.15, 0.2) is 36.4 Å². The van der Waals surface area contributed by atoms with Gasteiger partial charge in [0, 0.05) is 29.7 Å². The van der Waals surface area contributed by atoms with E-state index in [9.17, 15) is 18.3 Å². The number of aryl methyl sites for hydroxylation is 1. The lowest BCUT2D eigenvalue weighted by Gasteiger charge is -2.44. The number of fused-ring (bicyclic) bond motifs is 3. The second-order valence-electron chi connectivity index (χ2n) is 12.5. The van der Waals surface area contributed by atoms with Crippen LogP contribution >= 0.6 is 11.6 Å². The molecule has 42 heavy (non-hydrogen) atoms. The molecule has 0 saturated heterocycles. The zero-order valence-electron chi connectivity index (χ0n) is 24.8. The van der Waals surface area contributed by atoms with Crippen molar-refractivity contribution in [2.24, 2.45) is 17.8 Å². The Hall–Kier alpha value is -2.33. The molecule has 10 heteroatoms. The summed E-state index contributed by atoms with van der Waals surface area (Å²) in [5.41, 5.74) is 3.30. The van der Waals surface area contributed by atoms with E-state index in [0.717, 1.165) is 56.4 Å². The molecule has 0 unspecified atom stereocenters. The molecule has 1 aliphatic carbocycles. The number of anilines is 1. The van der Waals surface area contributed by atoms with Crippen molar-refractivity contribution in [2.75, 3.05) is 25.0 Å². The van der Waals surface area contributed by atoms with Gasteiger partial charge in [0.25, 0.3) is 5.91 Å². The van der Waals surface area contributed by atoms with Gasteiger partial charge >= 0.3 is 0 Å². The van der Waals surface area contributed by atoms with Crippen molar-refractivity contribution in [2.45, 2.75) is 82.8 Å². The number of ether oxygens (including phenoxy) is 1. The van der Waals surface area contributed by atoms with Crippen LogP contribution in [0.5, 0.6) is 5.75 Å². The summed E-state index contributed by atoms with van der Waals surface area (Å²) in [5, 5.41) is 14.6. The van der Waals surface area contributed by atoms with E-state index in [-0.39, 0.29) is 23.4 Å². The van der Waals surface area contributed by atoms with Gasteiger partial charge in [-0.3, -0.25) is 4.79 Å². The van der Waals surface area contributed by atoms with Crippen LogP contribution in [0.2, 0.25) is 5.02 Å². The number of nitrogens with zero attached hydrogens (tertiary/aromatic N) is 1. The minimum absolute atomic E-state index is 0.0295. The highest BCUT2D eigenvalue weighted by atomic mass is 35.5. The summed E-state index contributed by atoms with van der Waals surface area (Å²) >= 11 is 6.31. The third-order valence-electron chi connectivity index (χ3n) is 9.78. The fourth-order valence-electron chi connectivity index (χ4n) is 6.72. The fourth-order valence-corrected chi connectivity index (χ4v) is 8.20. The third kappa shape index (κ3) is 6.90. The number of hydrogen-bond acceptors (Lipinski definition) is 7. The Labute approximate surface area is 255 Å². The third-order valence-corrected chi connectivity index (χ3v) is 11.9. The molecule has 230 valence electrons. The van der Waals surface area contributed by atoms with Gasteiger partial charge in [-0.05, 0) is 118 Å². The SMILES string of the molecule is CN[C@H]1C[C@@H](O)[C@@H]2CC[C@H]2CN2CCCCc3cc(Cl)ccc3COc3ccc(cc32)C(=O)NS(=O)(=O)[C@H](C)[C@@H](C)C1. The first-order valence-electron chi connectivity index (χ1n) is 15.3. The Bertz CT molecular complexity index is 1390. The average molecular weight is 618 g/mol. The molecule has 2 aromatic rings. The molecule has 3 N–H and O–H groups in total. The molecule has 0 spiro atoms. The maximum Gasteiger partial charge on any atom is 0.264 e. The first-order chi connectivity index (χ1) is 20.1. The minimum Gasteiger partial charge on any atom is -0.487 e. The van der Waals surface area contributed by atoms with Crippen molar-refractivity contribution in [3.8, 4) is 5.75 Å². The van der Waals surface area contributed by atoms with E-state index in [1.54, 1.807) is 25.1 Å². The van der Waals surface area contributed by atoms with Crippen molar-refractivity contribution < 1.29 is 23.1 Å². The monoisotopic (exact) mass is 617 g/mol. The standard InChI is InChI=1S/C32H44ClN3O5S/c1-20-14-27(34-3)17-30(37)28-11-8-24(28)18-36-13-5-4-6-22-15-26(33)10-7-25(22)19-41-31-12-9-23(16-29(31)36)32(38)35-42(39,40)21(20)2/h7,9-10,12,15-16,20-21,24,27-28,30,34,37H,4-6,8,11,13-14,17-19H2,1-3H3,(H,35,38)/t20-,21+,24-,27+,28+,30+/m0/s1. The predicted octanol–water partition coefficient (Wildman–Crippen LogP) is 4.91. The number of carbonyl (C=O) groups excluding carboxylic acids is 1. The van der Waals surface area contributed by atoms with Crippen molar-refractivity contribution >= 4 is 33.2 Å². The number of rotatable bonds is 1. The number of aliphatic hydroxyl groups is 1. The van der Waals surface area contributed by atoms with E-state index in [4.69, 9.17) is 16.3 Å². The normalized spacial score (nSPS) is 30.4. The zero-order chi connectivity index (χ0) is 30.0. The lowest BCUT2D eigenvalue weighted by atomic mass is 9.69. The second kappa shape index (κ2) is 13.1. The summed E-state index contributed by atoms with van der Waals surface area (Å²) in [6.07, 6.45) is 5.46. The van der Waals surface area contributed by atoms with E-state index in [2.05, 4.69) is 14.9 Å².